The molecule has 3 nitrogen and oxygen atoms in total. The quantitative estimate of drug-likeness (QED) is 0.792. The van der Waals surface area contributed by atoms with Gasteiger partial charge in [0.25, 0.3) is 0 Å². The van der Waals surface area contributed by atoms with Crippen LogP contribution >= 0.6 is 15.9 Å². The van der Waals surface area contributed by atoms with E-state index >= 15 is 0 Å². The molecule has 1 aromatic heterocycles. The maximum atomic E-state index is 13.0. The van der Waals surface area contributed by atoms with E-state index in [-0.39, 0.29) is 5.82 Å². The Labute approximate surface area is 107 Å². The summed E-state index contributed by atoms with van der Waals surface area (Å²) < 4.78 is 20.9. The minimum absolute atomic E-state index is 0.282. The second kappa shape index (κ2) is 5.82. The van der Waals surface area contributed by atoms with Gasteiger partial charge in [0.15, 0.2) is 0 Å². The van der Waals surface area contributed by atoms with E-state index in [0.717, 1.165) is 13.0 Å². The lowest BCUT2D eigenvalue weighted by molar-refractivity contribution is 0.301. The van der Waals surface area contributed by atoms with Crippen LogP contribution in [0, 0.1) is 5.82 Å². The van der Waals surface area contributed by atoms with Crippen molar-refractivity contribution in [1.82, 2.24) is 9.55 Å². The zero-order valence-electron chi connectivity index (χ0n) is 9.14. The zero-order valence-corrected chi connectivity index (χ0v) is 10.7. The number of imidazole rings is 1. The predicted octanol–water partition coefficient (Wildman–Crippen LogP) is 3.25. The van der Waals surface area contributed by atoms with Gasteiger partial charge in [0.1, 0.15) is 11.6 Å². The third-order valence-corrected chi connectivity index (χ3v) is 2.89. The first-order chi connectivity index (χ1) is 8.25. The molecule has 0 aliphatic carbocycles. The van der Waals surface area contributed by atoms with E-state index in [9.17, 15) is 4.39 Å². The SMILES string of the molecule is Fc1ccc(OCCCn2ccnc2)cc1Br. The summed E-state index contributed by atoms with van der Waals surface area (Å²) in [5.74, 6) is 0.389. The van der Waals surface area contributed by atoms with Crippen molar-refractivity contribution in [3.05, 3.63) is 47.2 Å². The molecule has 1 heterocycles. The first kappa shape index (κ1) is 12.1. The lowest BCUT2D eigenvalue weighted by Crippen LogP contribution is -2.03. The Bertz CT molecular complexity index is 473. The summed E-state index contributed by atoms with van der Waals surface area (Å²) in [6, 6.07) is 4.64. The molecule has 0 aliphatic rings. The Hall–Kier alpha value is -1.36. The summed E-state index contributed by atoms with van der Waals surface area (Å²) in [4.78, 5) is 3.95. The highest BCUT2D eigenvalue weighted by atomic mass is 79.9. The molecule has 0 saturated carbocycles. The van der Waals surface area contributed by atoms with E-state index in [1.165, 1.54) is 6.07 Å². The fraction of sp³-hybridized carbons (Fsp3) is 0.250. The average Bonchev–Trinajstić information content (AvgIpc) is 2.82. The molecule has 0 atom stereocenters. The van der Waals surface area contributed by atoms with Gasteiger partial charge in [-0.3, -0.25) is 0 Å². The molecular weight excluding hydrogens is 287 g/mol. The molecule has 17 heavy (non-hydrogen) atoms. The number of ether oxygens (including phenoxy) is 1. The third kappa shape index (κ3) is 3.56. The lowest BCUT2D eigenvalue weighted by atomic mass is 10.3. The number of aromatic nitrogens is 2. The van der Waals surface area contributed by atoms with E-state index < -0.39 is 0 Å². The Morgan fingerprint density at radius 1 is 1.41 bits per heavy atom. The number of hydrogen-bond donors (Lipinski definition) is 0. The van der Waals surface area contributed by atoms with E-state index in [1.54, 1.807) is 24.7 Å². The maximum Gasteiger partial charge on any atom is 0.137 e. The molecule has 1 aromatic carbocycles. The molecule has 0 fully saturated rings. The Morgan fingerprint density at radius 2 is 2.29 bits per heavy atom. The summed E-state index contributed by atoms with van der Waals surface area (Å²) in [6.45, 7) is 1.46. The minimum atomic E-state index is -0.282. The second-order valence-corrected chi connectivity index (χ2v) is 4.43. The Morgan fingerprint density at radius 3 is 3.00 bits per heavy atom. The molecule has 0 aliphatic heterocycles. The van der Waals surface area contributed by atoms with Crippen molar-refractivity contribution in [2.75, 3.05) is 6.61 Å². The molecule has 0 N–H and O–H groups in total. The molecule has 0 spiro atoms. The lowest BCUT2D eigenvalue weighted by Gasteiger charge is -2.07. The zero-order chi connectivity index (χ0) is 12.1. The van der Waals surface area contributed by atoms with Crippen LogP contribution in [0.15, 0.2) is 41.4 Å². The highest BCUT2D eigenvalue weighted by molar-refractivity contribution is 9.10. The van der Waals surface area contributed by atoms with Crippen LogP contribution in [-0.2, 0) is 6.54 Å². The molecule has 2 aromatic rings. The molecule has 0 bridgehead atoms. The van der Waals surface area contributed by atoms with Gasteiger partial charge >= 0.3 is 0 Å². The van der Waals surface area contributed by atoms with E-state index in [4.69, 9.17) is 4.74 Å². The number of hydrogen-bond acceptors (Lipinski definition) is 2. The largest absolute Gasteiger partial charge is 0.493 e. The molecule has 90 valence electrons. The highest BCUT2D eigenvalue weighted by Crippen LogP contribution is 2.21. The van der Waals surface area contributed by atoms with Gasteiger partial charge < -0.3 is 9.30 Å². The van der Waals surface area contributed by atoms with Gasteiger partial charge in [-0.1, -0.05) is 0 Å². The summed E-state index contributed by atoms with van der Waals surface area (Å²) in [6.07, 6.45) is 6.31. The molecular formula is C12H12BrFN2O. The van der Waals surface area contributed by atoms with Crippen LogP contribution < -0.4 is 4.74 Å². The normalized spacial score (nSPS) is 10.5. The molecule has 0 unspecified atom stereocenters. The molecule has 0 saturated heterocycles. The van der Waals surface area contributed by atoms with Crippen LogP contribution in [0.5, 0.6) is 5.75 Å². The second-order valence-electron chi connectivity index (χ2n) is 3.58. The number of halogens is 2. The summed E-state index contributed by atoms with van der Waals surface area (Å²) in [5, 5.41) is 0. The van der Waals surface area contributed by atoms with Gasteiger partial charge in [0.2, 0.25) is 0 Å². The monoisotopic (exact) mass is 298 g/mol. The maximum absolute atomic E-state index is 13.0. The van der Waals surface area contributed by atoms with Crippen LogP contribution in [0.3, 0.4) is 0 Å². The fourth-order valence-corrected chi connectivity index (χ4v) is 1.78. The highest BCUT2D eigenvalue weighted by Gasteiger charge is 2.00. The molecule has 0 radical (unpaired) electrons. The van der Waals surface area contributed by atoms with Crippen molar-refractivity contribution in [2.24, 2.45) is 0 Å². The summed E-state index contributed by atoms with van der Waals surface area (Å²) >= 11 is 3.12. The fourth-order valence-electron chi connectivity index (χ4n) is 1.42. The van der Waals surface area contributed by atoms with Crippen molar-refractivity contribution in [2.45, 2.75) is 13.0 Å². The topological polar surface area (TPSA) is 27.1 Å². The Balaban J connectivity index is 1.76. The molecule has 5 heteroatoms. The van der Waals surface area contributed by atoms with Crippen LogP contribution in [0.1, 0.15) is 6.42 Å². The van der Waals surface area contributed by atoms with Crippen molar-refractivity contribution < 1.29 is 9.13 Å². The van der Waals surface area contributed by atoms with Crippen molar-refractivity contribution in [3.8, 4) is 5.75 Å². The first-order valence-electron chi connectivity index (χ1n) is 5.29. The van der Waals surface area contributed by atoms with Gasteiger partial charge in [-0.25, -0.2) is 9.37 Å². The van der Waals surface area contributed by atoms with Crippen LogP contribution in [0.25, 0.3) is 0 Å². The predicted molar refractivity (Wildman–Crippen MR) is 66.4 cm³/mol. The van der Waals surface area contributed by atoms with Gasteiger partial charge in [-0.15, -0.1) is 0 Å². The third-order valence-electron chi connectivity index (χ3n) is 2.28. The van der Waals surface area contributed by atoms with E-state index in [1.807, 2.05) is 10.8 Å². The average molecular weight is 299 g/mol. The van der Waals surface area contributed by atoms with Crippen LogP contribution in [0.4, 0.5) is 4.39 Å². The molecule has 2 rings (SSSR count). The van der Waals surface area contributed by atoms with Gasteiger partial charge in [0, 0.05) is 18.9 Å². The Kier molecular flexibility index (Phi) is 4.14. The summed E-state index contributed by atoms with van der Waals surface area (Å²) in [7, 11) is 0. The van der Waals surface area contributed by atoms with Crippen molar-refractivity contribution in [1.29, 1.82) is 0 Å². The minimum Gasteiger partial charge on any atom is -0.493 e. The number of rotatable bonds is 5. The van der Waals surface area contributed by atoms with Crippen molar-refractivity contribution in [3.63, 3.8) is 0 Å². The molecule has 0 amide bonds. The number of nitrogens with zero attached hydrogens (tertiary/aromatic N) is 2. The standard InChI is InChI=1S/C12H12BrFN2O/c13-11-8-10(2-3-12(11)14)17-7-1-5-16-6-4-15-9-16/h2-4,6,8-9H,1,5,7H2. The van der Waals surface area contributed by atoms with Gasteiger partial charge in [-0.05, 0) is 40.5 Å². The van der Waals surface area contributed by atoms with E-state index in [2.05, 4.69) is 20.9 Å². The van der Waals surface area contributed by atoms with Crippen molar-refractivity contribution >= 4 is 15.9 Å². The van der Waals surface area contributed by atoms with Crippen LogP contribution in [-0.4, -0.2) is 16.2 Å². The smallest absolute Gasteiger partial charge is 0.137 e. The van der Waals surface area contributed by atoms with Gasteiger partial charge in [-0.2, -0.15) is 0 Å². The van der Waals surface area contributed by atoms with E-state index in [0.29, 0.717) is 16.8 Å². The number of aryl methyl sites for hydroxylation is 1. The van der Waals surface area contributed by atoms with Gasteiger partial charge in [0.05, 0.1) is 17.4 Å². The number of benzene rings is 1. The summed E-state index contributed by atoms with van der Waals surface area (Å²) in [5.41, 5.74) is 0. The van der Waals surface area contributed by atoms with Crippen LogP contribution in [0.2, 0.25) is 0 Å². The first-order valence-corrected chi connectivity index (χ1v) is 6.08.